The van der Waals surface area contributed by atoms with Crippen LogP contribution < -0.4 is 0 Å². The molecule has 1 saturated heterocycles. The van der Waals surface area contributed by atoms with Crippen LogP contribution in [-0.4, -0.2) is 28.7 Å². The molecule has 0 unspecified atom stereocenters. The molecule has 54 valence electrons. The zero-order chi connectivity index (χ0) is 7.35. The van der Waals surface area contributed by atoms with Gasteiger partial charge in [-0.25, -0.2) is 0 Å². The van der Waals surface area contributed by atoms with E-state index in [2.05, 4.69) is 0 Å². The van der Waals surface area contributed by atoms with Crippen molar-refractivity contribution in [3.05, 3.63) is 12.2 Å². The van der Waals surface area contributed by atoms with Gasteiger partial charge < -0.3 is 9.84 Å². The molecule has 0 aromatic heterocycles. The van der Waals surface area contributed by atoms with Gasteiger partial charge in [0, 0.05) is 0 Å². The maximum Gasteiger partial charge on any atom is 0.189 e. The monoisotopic (exact) mass is 140 g/mol. The van der Waals surface area contributed by atoms with E-state index in [9.17, 15) is 4.79 Å². The van der Waals surface area contributed by atoms with Crippen molar-refractivity contribution in [2.45, 2.75) is 24.7 Å². The summed E-state index contributed by atoms with van der Waals surface area (Å²) in [7, 11) is 0. The molecule has 0 amide bonds. The molecule has 1 fully saturated rings. The maximum absolute atomic E-state index is 11.0. The van der Waals surface area contributed by atoms with Crippen molar-refractivity contribution >= 4 is 5.78 Å². The van der Waals surface area contributed by atoms with Crippen molar-refractivity contribution < 1.29 is 14.6 Å². The smallest absolute Gasteiger partial charge is 0.189 e. The van der Waals surface area contributed by atoms with E-state index in [1.54, 1.807) is 6.92 Å². The number of ketones is 1. The SMILES string of the molecule is C[C@@]12O[C@@H]1[C@H](O)C=CC2=O. The first-order chi connectivity index (χ1) is 4.64. The Kier molecular flexibility index (Phi) is 0.904. The third kappa shape index (κ3) is 0.540. The van der Waals surface area contributed by atoms with Crippen molar-refractivity contribution in [1.82, 2.24) is 0 Å². The van der Waals surface area contributed by atoms with Crippen LogP contribution in [0.2, 0.25) is 0 Å². The lowest BCUT2D eigenvalue weighted by Gasteiger charge is -2.08. The quantitative estimate of drug-likeness (QED) is 0.467. The molecule has 1 heterocycles. The summed E-state index contributed by atoms with van der Waals surface area (Å²) in [6.07, 6.45) is 1.98. The van der Waals surface area contributed by atoms with Gasteiger partial charge in [-0.3, -0.25) is 4.79 Å². The fourth-order valence-corrected chi connectivity index (χ4v) is 1.28. The Morgan fingerprint density at radius 1 is 1.80 bits per heavy atom. The number of carbonyl (C=O) groups excluding carboxylic acids is 1. The molecule has 3 nitrogen and oxygen atoms in total. The van der Waals surface area contributed by atoms with E-state index in [0.29, 0.717) is 0 Å². The highest BCUT2D eigenvalue weighted by atomic mass is 16.6. The van der Waals surface area contributed by atoms with Gasteiger partial charge in [0.15, 0.2) is 11.4 Å². The number of epoxide rings is 1. The molecule has 3 heteroatoms. The van der Waals surface area contributed by atoms with Crippen LogP contribution in [0.3, 0.4) is 0 Å². The topological polar surface area (TPSA) is 49.8 Å². The van der Waals surface area contributed by atoms with Crippen molar-refractivity contribution in [2.24, 2.45) is 0 Å². The van der Waals surface area contributed by atoms with Gasteiger partial charge in [-0.2, -0.15) is 0 Å². The van der Waals surface area contributed by atoms with E-state index in [1.165, 1.54) is 12.2 Å². The predicted molar refractivity (Wildman–Crippen MR) is 33.4 cm³/mol. The van der Waals surface area contributed by atoms with Gasteiger partial charge in [0.2, 0.25) is 0 Å². The molecule has 0 aromatic carbocycles. The standard InChI is InChI=1S/C7H8O3/c1-7-5(9)3-2-4(8)6(7)10-7/h2-4,6,8H,1H3/t4-,6-,7+/m1/s1. The number of hydrogen-bond acceptors (Lipinski definition) is 3. The lowest BCUT2D eigenvalue weighted by atomic mass is 9.93. The van der Waals surface area contributed by atoms with Gasteiger partial charge in [-0.05, 0) is 19.1 Å². The van der Waals surface area contributed by atoms with Crippen LogP contribution in [0.15, 0.2) is 12.2 Å². The van der Waals surface area contributed by atoms with Crippen LogP contribution in [0.25, 0.3) is 0 Å². The van der Waals surface area contributed by atoms with E-state index >= 15 is 0 Å². The molecule has 1 aliphatic carbocycles. The number of rotatable bonds is 0. The largest absolute Gasteiger partial charge is 0.386 e. The van der Waals surface area contributed by atoms with Gasteiger partial charge in [-0.15, -0.1) is 0 Å². The first kappa shape index (κ1) is 6.07. The number of carbonyl (C=O) groups is 1. The first-order valence-corrected chi connectivity index (χ1v) is 3.23. The average molecular weight is 140 g/mol. The highest BCUT2D eigenvalue weighted by molar-refractivity contribution is 6.00. The molecule has 0 saturated carbocycles. The highest BCUT2D eigenvalue weighted by Gasteiger charge is 2.61. The van der Waals surface area contributed by atoms with Crippen LogP contribution in [0.1, 0.15) is 6.92 Å². The lowest BCUT2D eigenvalue weighted by molar-refractivity contribution is -0.119. The first-order valence-electron chi connectivity index (χ1n) is 3.23. The third-order valence-electron chi connectivity index (χ3n) is 2.10. The predicted octanol–water partition coefficient (Wildman–Crippen LogP) is -0.356. The van der Waals surface area contributed by atoms with Crippen LogP contribution in [-0.2, 0) is 9.53 Å². The van der Waals surface area contributed by atoms with E-state index < -0.39 is 11.7 Å². The Morgan fingerprint density at radius 3 is 3.10 bits per heavy atom. The summed E-state index contributed by atoms with van der Waals surface area (Å²) in [5.74, 6) is -0.0391. The van der Waals surface area contributed by atoms with E-state index in [0.717, 1.165) is 0 Å². The molecule has 0 spiro atoms. The molecule has 0 bridgehead atoms. The van der Waals surface area contributed by atoms with Gasteiger partial charge in [0.1, 0.15) is 12.2 Å². The fourth-order valence-electron chi connectivity index (χ4n) is 1.28. The number of ether oxygens (including phenoxy) is 1. The van der Waals surface area contributed by atoms with Crippen LogP contribution in [0.4, 0.5) is 0 Å². The van der Waals surface area contributed by atoms with Crippen molar-refractivity contribution in [1.29, 1.82) is 0 Å². The molecule has 1 N–H and O–H groups in total. The zero-order valence-electron chi connectivity index (χ0n) is 5.57. The number of aliphatic hydroxyl groups excluding tert-OH is 1. The summed E-state index contributed by atoms with van der Waals surface area (Å²) in [5.41, 5.74) is -0.700. The Bertz CT molecular complexity index is 221. The molecular formula is C7H8O3. The van der Waals surface area contributed by atoms with Crippen LogP contribution >= 0.6 is 0 Å². The van der Waals surface area contributed by atoms with Gasteiger partial charge in [-0.1, -0.05) is 0 Å². The normalized spacial score (nSPS) is 50.8. The summed E-state index contributed by atoms with van der Waals surface area (Å²) in [6, 6.07) is 0. The average Bonchev–Trinajstić information content (AvgIpc) is 2.56. The molecule has 2 rings (SSSR count). The van der Waals surface area contributed by atoms with E-state index in [1.807, 2.05) is 0 Å². The Balaban J connectivity index is 2.33. The second kappa shape index (κ2) is 1.49. The Morgan fingerprint density at radius 2 is 2.50 bits per heavy atom. The third-order valence-corrected chi connectivity index (χ3v) is 2.10. The molecule has 2 aliphatic rings. The zero-order valence-corrected chi connectivity index (χ0v) is 5.57. The minimum atomic E-state index is -0.700. The van der Waals surface area contributed by atoms with Gasteiger partial charge in [0.25, 0.3) is 0 Å². The van der Waals surface area contributed by atoms with Gasteiger partial charge in [0.05, 0.1) is 0 Å². The number of hydrogen-bond donors (Lipinski definition) is 1. The molecule has 0 aromatic rings. The van der Waals surface area contributed by atoms with E-state index in [4.69, 9.17) is 9.84 Å². The van der Waals surface area contributed by atoms with Crippen molar-refractivity contribution in [2.75, 3.05) is 0 Å². The van der Waals surface area contributed by atoms with Crippen molar-refractivity contribution in [3.8, 4) is 0 Å². The maximum atomic E-state index is 11.0. The van der Waals surface area contributed by atoms with E-state index in [-0.39, 0.29) is 11.9 Å². The summed E-state index contributed by atoms with van der Waals surface area (Å²) in [6.45, 7) is 1.70. The summed E-state index contributed by atoms with van der Waals surface area (Å²) < 4.78 is 5.03. The van der Waals surface area contributed by atoms with Crippen molar-refractivity contribution in [3.63, 3.8) is 0 Å². The second-order valence-corrected chi connectivity index (χ2v) is 2.86. The molecule has 1 aliphatic heterocycles. The molecule has 0 radical (unpaired) electrons. The molecular weight excluding hydrogens is 132 g/mol. The minimum absolute atomic E-state index is 0.0391. The Labute approximate surface area is 58.3 Å². The van der Waals surface area contributed by atoms with Crippen LogP contribution in [0, 0.1) is 0 Å². The van der Waals surface area contributed by atoms with Gasteiger partial charge >= 0.3 is 0 Å². The minimum Gasteiger partial charge on any atom is -0.386 e. The molecule has 10 heavy (non-hydrogen) atoms. The Hall–Kier alpha value is -0.670. The lowest BCUT2D eigenvalue weighted by Crippen LogP contribution is -2.31. The number of fused-ring (bicyclic) bond motifs is 1. The van der Waals surface area contributed by atoms with Crippen LogP contribution in [0.5, 0.6) is 0 Å². The second-order valence-electron chi connectivity index (χ2n) is 2.86. The highest BCUT2D eigenvalue weighted by Crippen LogP contribution is 2.42. The number of aliphatic hydroxyl groups is 1. The summed E-state index contributed by atoms with van der Waals surface area (Å²) in [5, 5.41) is 9.14. The summed E-state index contributed by atoms with van der Waals surface area (Å²) >= 11 is 0. The fraction of sp³-hybridized carbons (Fsp3) is 0.571. The summed E-state index contributed by atoms with van der Waals surface area (Å²) in [4.78, 5) is 11.0. The molecule has 3 atom stereocenters.